The van der Waals surface area contributed by atoms with E-state index < -0.39 is 84.0 Å². The maximum Gasteiger partial charge on any atom is 1.00 e. The number of carbonyl (C=O) groups excluding carboxylic acids is 2. The van der Waals surface area contributed by atoms with Crippen LogP contribution in [0.5, 0.6) is 0 Å². The Balaban J connectivity index is 0.00000355. The Bertz CT molecular complexity index is 3480. The number of nitrogens with one attached hydrogen (secondary N) is 4. The van der Waals surface area contributed by atoms with E-state index in [1.54, 1.807) is 6.08 Å². The van der Waals surface area contributed by atoms with Gasteiger partial charge in [0, 0.05) is 35.3 Å². The van der Waals surface area contributed by atoms with Crippen LogP contribution in [0, 0.1) is 17.0 Å². The molecule has 0 aliphatic heterocycles. The number of nitrogens with two attached hydrogens (primary N) is 1. The number of hydrogen-bond acceptors (Lipinski definition) is 22. The van der Waals surface area contributed by atoms with E-state index in [4.69, 9.17) is 5.73 Å². The Morgan fingerprint density at radius 2 is 1.26 bits per heavy atom. The number of nitro groups is 1. The number of hydrazone groups is 2. The van der Waals surface area contributed by atoms with Crippen molar-refractivity contribution in [3.8, 4) is 0 Å². The zero-order chi connectivity index (χ0) is 48.4. The number of nitro benzene ring substituents is 1. The molecule has 342 valence electrons. The topological polar surface area (TPSA) is 372 Å². The van der Waals surface area contributed by atoms with Crippen LogP contribution in [-0.4, -0.2) is 66.8 Å². The van der Waals surface area contributed by atoms with Gasteiger partial charge in [-0.2, -0.15) is 15.3 Å². The summed E-state index contributed by atoms with van der Waals surface area (Å²) in [6, 6.07) is 21.6. The van der Waals surface area contributed by atoms with Gasteiger partial charge in [0.2, 0.25) is 11.6 Å². The van der Waals surface area contributed by atoms with Crippen molar-refractivity contribution in [1.29, 1.82) is 0 Å². The van der Waals surface area contributed by atoms with Gasteiger partial charge in [-0.3, -0.25) is 30.6 Å². The molecule has 0 unspecified atom stereocenters. The third kappa shape index (κ3) is 13.6. The summed E-state index contributed by atoms with van der Waals surface area (Å²) in [7, 11) is -16.4. The standard InChI is InChI=1S/C41H32N10O13S3.3Na/c1-22-4-2-3-5-30(22)44-27-12-16-31(33(52)20-27)48-45-25-8-6-24(7-9-25)43-32-17-13-28(21-34(32)65(56,57)58)47-50-40-36(67(62,63)64)19-23-18-35(66(59,60)61)39(38(42)37(23)41(40)53)49-46-26-10-14-29(15-11-26)51(54)55;;;/h2-21,43-45,47H,42H2,1H3,(H,56,57,58)(H,59,60,61)(H,62,63,64);;;/q;3*+1/p-3/b48-31+,49-46?,50-40+;;;. The number of fused-ring (bicyclic) bond motifs is 1. The molecular weight excluding hydrogens is 1010 g/mol. The molecule has 7 rings (SSSR count). The van der Waals surface area contributed by atoms with Crippen molar-refractivity contribution in [2.75, 3.05) is 27.2 Å². The van der Waals surface area contributed by atoms with Gasteiger partial charge in [0.05, 0.1) is 53.6 Å². The van der Waals surface area contributed by atoms with E-state index in [9.17, 15) is 58.6 Å². The number of hydrogen-bond donors (Lipinski definition) is 5. The fourth-order valence-corrected chi connectivity index (χ4v) is 8.28. The fourth-order valence-electron chi connectivity index (χ4n) is 6.32. The van der Waals surface area contributed by atoms with Crippen LogP contribution < -0.4 is 116 Å². The third-order valence-electron chi connectivity index (χ3n) is 9.56. The van der Waals surface area contributed by atoms with Crippen LogP contribution in [-0.2, 0) is 35.1 Å². The van der Waals surface area contributed by atoms with Gasteiger partial charge in [-0.05, 0) is 103 Å². The number of nitrogen functional groups attached to an aromatic ring is 1. The maximum atomic E-state index is 13.9. The molecule has 0 amide bonds. The van der Waals surface area contributed by atoms with Crippen molar-refractivity contribution in [2.24, 2.45) is 20.4 Å². The van der Waals surface area contributed by atoms with Crippen molar-refractivity contribution in [3.05, 3.63) is 153 Å². The van der Waals surface area contributed by atoms with Gasteiger partial charge in [-0.25, -0.2) is 25.3 Å². The van der Waals surface area contributed by atoms with Gasteiger partial charge in [0.25, 0.3) is 5.69 Å². The van der Waals surface area contributed by atoms with Crippen LogP contribution in [0.15, 0.2) is 156 Å². The smallest absolute Gasteiger partial charge is 0.744 e. The predicted octanol–water partition coefficient (Wildman–Crippen LogP) is -3.08. The number of Topliss-reactive ketones (excluding diaryl/α,β-unsaturated/α-hetero) is 1. The second kappa shape index (κ2) is 23.3. The van der Waals surface area contributed by atoms with Crippen LogP contribution >= 0.6 is 0 Å². The number of aryl methyl sites for hydroxylation is 1. The summed E-state index contributed by atoms with van der Waals surface area (Å²) in [4.78, 5) is 33.6. The Labute approximate surface area is 464 Å². The van der Waals surface area contributed by atoms with Crippen LogP contribution in [0.4, 0.5) is 51.2 Å². The first-order chi connectivity index (χ1) is 31.6. The molecule has 6 N–H and O–H groups in total. The monoisotopic (exact) mass is 1030 g/mol. The van der Waals surface area contributed by atoms with Crippen LogP contribution in [0.3, 0.4) is 0 Å². The number of ketones is 2. The summed E-state index contributed by atoms with van der Waals surface area (Å²) in [5.41, 5.74) is 9.30. The van der Waals surface area contributed by atoms with E-state index >= 15 is 0 Å². The van der Waals surface area contributed by atoms with Crippen molar-refractivity contribution >= 4 is 111 Å². The minimum atomic E-state index is -5.61. The van der Waals surface area contributed by atoms with Crippen molar-refractivity contribution in [1.82, 2.24) is 0 Å². The Morgan fingerprint density at radius 1 is 0.643 bits per heavy atom. The molecule has 0 aromatic heterocycles. The molecule has 5 aromatic rings. The maximum absolute atomic E-state index is 13.9. The number of anilines is 6. The molecule has 0 heterocycles. The van der Waals surface area contributed by atoms with Crippen LogP contribution in [0.25, 0.3) is 6.08 Å². The van der Waals surface area contributed by atoms with Crippen LogP contribution in [0.2, 0.25) is 0 Å². The largest absolute Gasteiger partial charge is 1.00 e. The van der Waals surface area contributed by atoms with Gasteiger partial charge < -0.3 is 30.0 Å². The third-order valence-corrected chi connectivity index (χ3v) is 12.1. The Hall–Kier alpha value is -5.27. The second-order valence-corrected chi connectivity index (χ2v) is 18.2. The normalized spacial score (nSPS) is 14.6. The van der Waals surface area contributed by atoms with Crippen LogP contribution in [0.1, 0.15) is 21.5 Å². The van der Waals surface area contributed by atoms with E-state index in [1.165, 1.54) is 42.5 Å². The van der Waals surface area contributed by atoms with E-state index in [2.05, 4.69) is 41.9 Å². The van der Waals surface area contributed by atoms with E-state index in [0.29, 0.717) is 23.5 Å². The molecule has 2 aliphatic rings. The zero-order valence-corrected chi connectivity index (χ0v) is 45.3. The number of azo groups is 1. The second-order valence-electron chi connectivity index (χ2n) is 14.1. The molecule has 0 fully saturated rings. The first-order valence-electron chi connectivity index (χ1n) is 18.8. The molecule has 5 aromatic carbocycles. The SMILES string of the molecule is Cc1ccccc1NC1=CC(=O)/C(=N/Nc2ccc(Nc3ccc(N/N=C4/C(=O)c5c(cc(S(=O)(=O)[O-])c(N=Nc6ccc([N+](=O)[O-])cc6)c5N)C=C4S(=O)(=O)[O-])cc3S(=O)(=O)[O-])cc2)C=C1.[Na+].[Na+].[Na+]. The minimum absolute atomic E-state index is 0. The summed E-state index contributed by atoms with van der Waals surface area (Å²) < 4.78 is 111. The van der Waals surface area contributed by atoms with Gasteiger partial charge in [-0.15, -0.1) is 5.11 Å². The quantitative estimate of drug-likeness (QED) is 0.0140. The van der Waals surface area contributed by atoms with Crippen molar-refractivity contribution in [3.63, 3.8) is 0 Å². The first-order valence-corrected chi connectivity index (χ1v) is 23.0. The Kier molecular flexibility index (Phi) is 19.1. The summed E-state index contributed by atoms with van der Waals surface area (Å²) in [5.74, 6) is -1.77. The van der Waals surface area contributed by atoms with Gasteiger partial charge >= 0.3 is 88.7 Å². The van der Waals surface area contributed by atoms with Gasteiger partial charge in [0.15, 0.2) is 0 Å². The van der Waals surface area contributed by atoms with E-state index in [1.807, 2.05) is 31.2 Å². The molecule has 0 bridgehead atoms. The first kappa shape index (κ1) is 57.3. The number of rotatable bonds is 14. The molecule has 2 aliphatic carbocycles. The number of nitrogens with zero attached hydrogens (tertiary/aromatic N) is 5. The summed E-state index contributed by atoms with van der Waals surface area (Å²) in [6.07, 6.45) is 5.15. The number of allylic oxidation sites excluding steroid dienone is 4. The fraction of sp³-hybridized carbons (Fsp3) is 0.0244. The molecule has 70 heavy (non-hydrogen) atoms. The molecule has 23 nitrogen and oxygen atoms in total. The number of non-ortho nitro benzene ring substituents is 1. The van der Waals surface area contributed by atoms with E-state index in [0.717, 1.165) is 47.6 Å². The molecule has 0 radical (unpaired) electrons. The molecule has 0 spiro atoms. The minimum Gasteiger partial charge on any atom is -0.744 e. The summed E-state index contributed by atoms with van der Waals surface area (Å²) in [6.45, 7) is 1.93. The number of benzene rings is 5. The average molecular weight is 1030 g/mol. The molecular formula is C41H29N10Na3O13S3. The zero-order valence-electron chi connectivity index (χ0n) is 36.9. The number of carbonyl (C=O) groups is 2. The van der Waals surface area contributed by atoms with E-state index in [-0.39, 0.29) is 129 Å². The van der Waals surface area contributed by atoms with Gasteiger partial charge in [0.1, 0.15) is 47.5 Å². The van der Waals surface area contributed by atoms with Crippen molar-refractivity contribution in [2.45, 2.75) is 16.7 Å². The average Bonchev–Trinajstić information content (AvgIpc) is 3.26. The Morgan fingerprint density at radius 3 is 1.86 bits per heavy atom. The molecule has 0 atom stereocenters. The van der Waals surface area contributed by atoms with Crippen molar-refractivity contribution < 1.29 is 142 Å². The number of para-hydroxylation sites is 1. The summed E-state index contributed by atoms with van der Waals surface area (Å²) >= 11 is 0. The van der Waals surface area contributed by atoms with Gasteiger partial charge in [-0.1, -0.05) is 18.2 Å². The predicted molar refractivity (Wildman–Crippen MR) is 241 cm³/mol. The molecule has 0 saturated heterocycles. The molecule has 0 saturated carbocycles. The summed E-state index contributed by atoms with van der Waals surface area (Å²) in [5, 5.41) is 32.3. The molecule has 29 heteroatoms.